The Hall–Kier alpha value is -2.62. The number of piperazine rings is 1. The van der Waals surface area contributed by atoms with Gasteiger partial charge in [0.05, 0.1) is 12.1 Å². The summed E-state index contributed by atoms with van der Waals surface area (Å²) in [4.78, 5) is 29.5. The first-order valence-corrected chi connectivity index (χ1v) is 13.2. The van der Waals surface area contributed by atoms with Crippen molar-refractivity contribution in [1.82, 2.24) is 25.1 Å². The molecular weight excluding hydrogens is 478 g/mol. The largest absolute Gasteiger partial charge is 0.495 e. The number of nitrogens with one attached hydrogen (secondary N) is 2. The number of carbonyl (C=O) groups is 1. The molecule has 1 amide bonds. The van der Waals surface area contributed by atoms with Crippen molar-refractivity contribution in [2.45, 2.75) is 25.8 Å². The van der Waals surface area contributed by atoms with Crippen LogP contribution in [-0.4, -0.2) is 92.2 Å². The van der Waals surface area contributed by atoms with Crippen molar-refractivity contribution in [2.24, 2.45) is 5.41 Å². The molecule has 5 rings (SSSR count). The smallest absolute Gasteiger partial charge is 0.256 e. The monoisotopic (exact) mass is 513 g/mol. The fourth-order valence-corrected chi connectivity index (χ4v) is 5.30. The van der Waals surface area contributed by atoms with Gasteiger partial charge in [-0.3, -0.25) is 9.69 Å². The minimum atomic E-state index is -0.161. The summed E-state index contributed by atoms with van der Waals surface area (Å²) in [7, 11) is 3.74. The van der Waals surface area contributed by atoms with Crippen LogP contribution in [0.2, 0.25) is 5.02 Å². The maximum absolute atomic E-state index is 13.1. The van der Waals surface area contributed by atoms with Gasteiger partial charge in [-0.15, -0.1) is 0 Å². The van der Waals surface area contributed by atoms with Crippen molar-refractivity contribution in [3.8, 4) is 5.75 Å². The molecule has 3 aliphatic rings. The third-order valence-corrected chi connectivity index (χ3v) is 7.98. The van der Waals surface area contributed by atoms with E-state index in [9.17, 15) is 4.79 Å². The molecule has 0 atom stereocenters. The van der Waals surface area contributed by atoms with E-state index in [1.807, 2.05) is 18.2 Å². The number of nitrogens with zero attached hydrogens (tertiary/aromatic N) is 5. The van der Waals surface area contributed by atoms with Crippen molar-refractivity contribution < 1.29 is 9.53 Å². The van der Waals surface area contributed by atoms with Gasteiger partial charge in [-0.25, -0.2) is 4.98 Å². The molecule has 1 saturated carbocycles. The van der Waals surface area contributed by atoms with Crippen LogP contribution < -0.4 is 20.3 Å². The summed E-state index contributed by atoms with van der Waals surface area (Å²) in [5.41, 5.74) is 1.90. The number of hydrogen-bond acceptors (Lipinski definition) is 8. The second kappa shape index (κ2) is 10.8. The summed E-state index contributed by atoms with van der Waals surface area (Å²) in [6.45, 7) is 8.03. The van der Waals surface area contributed by atoms with Crippen LogP contribution in [0, 0.1) is 5.41 Å². The van der Waals surface area contributed by atoms with Gasteiger partial charge < -0.3 is 25.2 Å². The molecule has 10 heteroatoms. The number of hydrogen-bond donors (Lipinski definition) is 2. The van der Waals surface area contributed by atoms with E-state index in [0.717, 1.165) is 51.4 Å². The van der Waals surface area contributed by atoms with E-state index in [4.69, 9.17) is 21.3 Å². The molecule has 1 spiro atoms. The highest BCUT2D eigenvalue weighted by Gasteiger charge is 2.48. The Morgan fingerprint density at radius 2 is 1.97 bits per heavy atom. The van der Waals surface area contributed by atoms with Crippen LogP contribution in [0.4, 0.5) is 11.8 Å². The van der Waals surface area contributed by atoms with Crippen LogP contribution in [0.1, 0.15) is 35.2 Å². The van der Waals surface area contributed by atoms with Crippen molar-refractivity contribution in [1.29, 1.82) is 0 Å². The van der Waals surface area contributed by atoms with Gasteiger partial charge in [0, 0.05) is 65.1 Å². The standard InChI is InChI=1S/C26H36ClN7O2/c1-32-11-13-33(14-12-32)10-8-28-24(35)20-17-30-25(34-9-7-26(18-34)5-6-26)31-23(20)29-16-19-3-4-22(36-2)21(27)15-19/h3-4,15,17H,5-14,16,18H2,1-2H3,(H,28,35)(H,29,30,31). The van der Waals surface area contributed by atoms with Crippen LogP contribution in [0.25, 0.3) is 0 Å². The number of likely N-dealkylation sites (N-methyl/N-ethyl adjacent to an activating group) is 1. The highest BCUT2D eigenvalue weighted by atomic mass is 35.5. The average Bonchev–Trinajstić information content (AvgIpc) is 3.51. The van der Waals surface area contributed by atoms with E-state index in [1.54, 1.807) is 13.3 Å². The molecule has 2 saturated heterocycles. The second-order valence-corrected chi connectivity index (χ2v) is 10.7. The van der Waals surface area contributed by atoms with Gasteiger partial charge in [0.15, 0.2) is 0 Å². The molecule has 1 aliphatic carbocycles. The van der Waals surface area contributed by atoms with Gasteiger partial charge in [0.25, 0.3) is 5.91 Å². The predicted molar refractivity (Wildman–Crippen MR) is 142 cm³/mol. The Labute approximate surface area is 218 Å². The fraction of sp³-hybridized carbons (Fsp3) is 0.577. The first kappa shape index (κ1) is 25.0. The van der Waals surface area contributed by atoms with Gasteiger partial charge in [0.1, 0.15) is 17.1 Å². The second-order valence-electron chi connectivity index (χ2n) is 10.3. The Morgan fingerprint density at radius 1 is 1.17 bits per heavy atom. The number of ether oxygens (including phenoxy) is 1. The SMILES string of the molecule is COc1ccc(CNc2nc(N3CCC4(CC4)C3)ncc2C(=O)NCCN2CCN(C)CC2)cc1Cl. The number of amides is 1. The summed E-state index contributed by atoms with van der Waals surface area (Å²) in [5.74, 6) is 1.70. The molecule has 0 radical (unpaired) electrons. The number of rotatable bonds is 9. The zero-order valence-electron chi connectivity index (χ0n) is 21.2. The first-order chi connectivity index (χ1) is 17.4. The fourth-order valence-electron chi connectivity index (χ4n) is 5.02. The molecule has 2 N–H and O–H groups in total. The topological polar surface area (TPSA) is 85.9 Å². The van der Waals surface area contributed by atoms with Crippen LogP contribution in [0.5, 0.6) is 5.75 Å². The van der Waals surface area contributed by atoms with Crippen LogP contribution >= 0.6 is 11.6 Å². The minimum absolute atomic E-state index is 0.161. The van der Waals surface area contributed by atoms with Crippen LogP contribution in [0.3, 0.4) is 0 Å². The number of aromatic nitrogens is 2. The predicted octanol–water partition coefficient (Wildman–Crippen LogP) is 2.72. The summed E-state index contributed by atoms with van der Waals surface area (Å²) >= 11 is 6.31. The van der Waals surface area contributed by atoms with E-state index in [2.05, 4.69) is 37.4 Å². The molecule has 3 heterocycles. The number of methoxy groups -OCH3 is 1. The highest BCUT2D eigenvalue weighted by molar-refractivity contribution is 6.32. The lowest BCUT2D eigenvalue weighted by Gasteiger charge is -2.32. The van der Waals surface area contributed by atoms with Gasteiger partial charge in [-0.05, 0) is 49.4 Å². The molecule has 2 aromatic rings. The summed E-state index contributed by atoms with van der Waals surface area (Å²) in [6.07, 6.45) is 5.44. The molecule has 1 aromatic carbocycles. The maximum Gasteiger partial charge on any atom is 0.256 e. The Morgan fingerprint density at radius 3 is 2.67 bits per heavy atom. The van der Waals surface area contributed by atoms with E-state index >= 15 is 0 Å². The Kier molecular flexibility index (Phi) is 7.50. The normalized spacial score (nSPS) is 19.5. The third-order valence-electron chi connectivity index (χ3n) is 7.68. The highest BCUT2D eigenvalue weighted by Crippen LogP contribution is 2.53. The number of anilines is 2. The van der Waals surface area contributed by atoms with Gasteiger partial charge in [-0.1, -0.05) is 17.7 Å². The average molecular weight is 514 g/mol. The molecule has 36 heavy (non-hydrogen) atoms. The number of carbonyl (C=O) groups excluding carboxylic acids is 1. The number of benzene rings is 1. The first-order valence-electron chi connectivity index (χ1n) is 12.8. The van der Waals surface area contributed by atoms with Crippen LogP contribution in [0.15, 0.2) is 24.4 Å². The lowest BCUT2D eigenvalue weighted by atomic mass is 10.1. The van der Waals surface area contributed by atoms with Gasteiger partial charge in [0.2, 0.25) is 5.95 Å². The minimum Gasteiger partial charge on any atom is -0.495 e. The van der Waals surface area contributed by atoms with Crippen molar-refractivity contribution in [3.05, 3.63) is 40.5 Å². The van der Waals surface area contributed by atoms with Gasteiger partial charge in [-0.2, -0.15) is 4.98 Å². The third kappa shape index (κ3) is 5.85. The van der Waals surface area contributed by atoms with Crippen molar-refractivity contribution in [3.63, 3.8) is 0 Å². The summed E-state index contributed by atoms with van der Waals surface area (Å²) in [5, 5.41) is 6.98. The zero-order valence-corrected chi connectivity index (χ0v) is 22.0. The van der Waals surface area contributed by atoms with Gasteiger partial charge >= 0.3 is 0 Å². The lowest BCUT2D eigenvalue weighted by Crippen LogP contribution is -2.46. The lowest BCUT2D eigenvalue weighted by molar-refractivity contribution is 0.0941. The van der Waals surface area contributed by atoms with E-state index < -0.39 is 0 Å². The molecule has 9 nitrogen and oxygen atoms in total. The van der Waals surface area contributed by atoms with E-state index in [1.165, 1.54) is 19.3 Å². The molecule has 1 aromatic heterocycles. The molecule has 194 valence electrons. The zero-order chi connectivity index (χ0) is 25.1. The number of halogens is 1. The molecular formula is C26H36ClN7O2. The Balaban J connectivity index is 1.27. The molecule has 3 fully saturated rings. The molecule has 2 aliphatic heterocycles. The Bertz CT molecular complexity index is 1090. The van der Waals surface area contributed by atoms with E-state index in [-0.39, 0.29) is 5.91 Å². The summed E-state index contributed by atoms with van der Waals surface area (Å²) in [6, 6.07) is 5.66. The molecule has 0 unspecified atom stereocenters. The van der Waals surface area contributed by atoms with E-state index in [0.29, 0.717) is 46.6 Å². The molecule has 0 bridgehead atoms. The maximum atomic E-state index is 13.1. The van der Waals surface area contributed by atoms with Crippen LogP contribution in [-0.2, 0) is 6.54 Å². The van der Waals surface area contributed by atoms with Crippen molar-refractivity contribution >= 4 is 29.3 Å². The quantitative estimate of drug-likeness (QED) is 0.529. The summed E-state index contributed by atoms with van der Waals surface area (Å²) < 4.78 is 5.26. The van der Waals surface area contributed by atoms with Crippen molar-refractivity contribution in [2.75, 3.05) is 76.7 Å².